The Morgan fingerprint density at radius 2 is 1.95 bits per heavy atom. The Hall–Kier alpha value is -1.79. The third-order valence-electron chi connectivity index (χ3n) is 2.47. The van der Waals surface area contributed by atoms with Crippen molar-refractivity contribution in [2.75, 3.05) is 18.6 Å². The van der Waals surface area contributed by atoms with Crippen LogP contribution in [-0.4, -0.2) is 18.2 Å². The van der Waals surface area contributed by atoms with E-state index in [0.717, 1.165) is 22.8 Å². The number of hydrazine groups is 1. The van der Waals surface area contributed by atoms with Crippen LogP contribution in [0.5, 0.6) is 11.5 Å². The smallest absolute Gasteiger partial charge is 0.197 e. The van der Waals surface area contributed by atoms with Crippen molar-refractivity contribution >= 4 is 16.5 Å². The lowest BCUT2D eigenvalue weighted by Gasteiger charge is -2.11. The molecule has 2 aromatic rings. The molecule has 5 nitrogen and oxygen atoms in total. The zero-order valence-electron chi connectivity index (χ0n) is 11.0. The van der Waals surface area contributed by atoms with Gasteiger partial charge in [-0.05, 0) is 32.0 Å². The van der Waals surface area contributed by atoms with Crippen molar-refractivity contribution in [2.45, 2.75) is 13.8 Å². The molecule has 6 heteroatoms. The summed E-state index contributed by atoms with van der Waals surface area (Å²) >= 11 is 1.46. The molecule has 0 amide bonds. The van der Waals surface area contributed by atoms with Gasteiger partial charge in [0.25, 0.3) is 0 Å². The summed E-state index contributed by atoms with van der Waals surface area (Å²) in [7, 11) is 0. The van der Waals surface area contributed by atoms with Crippen LogP contribution in [0.2, 0.25) is 0 Å². The second-order valence-corrected chi connectivity index (χ2v) is 4.57. The highest BCUT2D eigenvalue weighted by atomic mass is 32.1. The summed E-state index contributed by atoms with van der Waals surface area (Å²) in [5, 5.41) is 2.63. The lowest BCUT2D eigenvalue weighted by molar-refractivity contribution is 0.288. The molecule has 19 heavy (non-hydrogen) atoms. The van der Waals surface area contributed by atoms with E-state index in [1.165, 1.54) is 11.3 Å². The standard InChI is InChI=1S/C13H17N3O2S/c1-3-17-11-6-5-9(7-12(11)18-4-2)10-8-19-13(15-10)16-14/h5-8H,3-4,14H2,1-2H3,(H,15,16). The van der Waals surface area contributed by atoms with Gasteiger partial charge in [-0.2, -0.15) is 0 Å². The first-order valence-electron chi connectivity index (χ1n) is 6.10. The SMILES string of the molecule is CCOc1ccc(-c2csc(NN)n2)cc1OCC. The van der Waals surface area contributed by atoms with Gasteiger partial charge in [0.05, 0.1) is 18.9 Å². The highest BCUT2D eigenvalue weighted by Crippen LogP contribution is 2.33. The molecule has 102 valence electrons. The number of nitrogens with one attached hydrogen (secondary N) is 1. The Balaban J connectivity index is 2.33. The zero-order chi connectivity index (χ0) is 13.7. The zero-order valence-corrected chi connectivity index (χ0v) is 11.8. The van der Waals surface area contributed by atoms with Crippen LogP contribution in [0.4, 0.5) is 5.13 Å². The number of rotatable bonds is 6. The third kappa shape index (κ3) is 3.15. The van der Waals surface area contributed by atoms with E-state index < -0.39 is 0 Å². The number of ether oxygens (including phenoxy) is 2. The minimum absolute atomic E-state index is 0.593. The van der Waals surface area contributed by atoms with E-state index in [1.807, 2.05) is 37.4 Å². The van der Waals surface area contributed by atoms with E-state index in [-0.39, 0.29) is 0 Å². The molecule has 0 aliphatic carbocycles. The van der Waals surface area contributed by atoms with E-state index >= 15 is 0 Å². The van der Waals surface area contributed by atoms with Gasteiger partial charge in [0.15, 0.2) is 16.6 Å². The molecule has 0 saturated carbocycles. The van der Waals surface area contributed by atoms with Crippen LogP contribution in [0.15, 0.2) is 23.6 Å². The van der Waals surface area contributed by atoms with Crippen molar-refractivity contribution in [1.29, 1.82) is 0 Å². The van der Waals surface area contributed by atoms with Crippen molar-refractivity contribution in [3.8, 4) is 22.8 Å². The van der Waals surface area contributed by atoms with E-state index in [1.54, 1.807) is 0 Å². The molecular weight excluding hydrogens is 262 g/mol. The van der Waals surface area contributed by atoms with Gasteiger partial charge >= 0.3 is 0 Å². The van der Waals surface area contributed by atoms with Crippen LogP contribution in [-0.2, 0) is 0 Å². The predicted molar refractivity (Wildman–Crippen MR) is 77.7 cm³/mol. The van der Waals surface area contributed by atoms with Gasteiger partial charge in [0, 0.05) is 10.9 Å². The molecule has 0 bridgehead atoms. The maximum absolute atomic E-state index is 5.60. The molecule has 0 atom stereocenters. The number of benzene rings is 1. The molecule has 1 aromatic carbocycles. The molecule has 0 unspecified atom stereocenters. The molecule has 1 aromatic heterocycles. The summed E-state index contributed by atoms with van der Waals surface area (Å²) < 4.78 is 11.1. The predicted octanol–water partition coefficient (Wildman–Crippen LogP) is 2.89. The van der Waals surface area contributed by atoms with Gasteiger partial charge in [-0.25, -0.2) is 10.8 Å². The number of nitrogens with zero attached hydrogens (tertiary/aromatic N) is 1. The molecule has 0 aliphatic heterocycles. The molecule has 2 rings (SSSR count). The van der Waals surface area contributed by atoms with Gasteiger partial charge < -0.3 is 9.47 Å². The summed E-state index contributed by atoms with van der Waals surface area (Å²) in [6.45, 7) is 5.10. The lowest BCUT2D eigenvalue weighted by atomic mass is 10.1. The largest absolute Gasteiger partial charge is 0.490 e. The minimum atomic E-state index is 0.593. The summed E-state index contributed by atoms with van der Waals surface area (Å²) in [6, 6.07) is 5.80. The van der Waals surface area contributed by atoms with E-state index in [2.05, 4.69) is 10.4 Å². The Kier molecular flexibility index (Phi) is 4.59. The number of anilines is 1. The first kappa shape index (κ1) is 13.6. The lowest BCUT2D eigenvalue weighted by Crippen LogP contribution is -2.05. The monoisotopic (exact) mass is 279 g/mol. The molecule has 0 fully saturated rings. The van der Waals surface area contributed by atoms with Crippen LogP contribution in [0.25, 0.3) is 11.3 Å². The van der Waals surface area contributed by atoms with Crippen molar-refractivity contribution in [1.82, 2.24) is 4.98 Å². The average molecular weight is 279 g/mol. The van der Waals surface area contributed by atoms with Crippen LogP contribution < -0.4 is 20.7 Å². The van der Waals surface area contributed by atoms with Crippen molar-refractivity contribution in [3.05, 3.63) is 23.6 Å². The van der Waals surface area contributed by atoms with E-state index in [4.69, 9.17) is 15.3 Å². The molecule has 1 heterocycles. The van der Waals surface area contributed by atoms with Crippen molar-refractivity contribution in [3.63, 3.8) is 0 Å². The number of nitrogen functional groups attached to an aromatic ring is 1. The first-order chi connectivity index (χ1) is 9.28. The van der Waals surface area contributed by atoms with E-state index in [9.17, 15) is 0 Å². The number of nitrogens with two attached hydrogens (primary N) is 1. The third-order valence-corrected chi connectivity index (χ3v) is 3.24. The summed E-state index contributed by atoms with van der Waals surface area (Å²) in [6.07, 6.45) is 0. The highest BCUT2D eigenvalue weighted by molar-refractivity contribution is 7.14. The number of hydrogen-bond donors (Lipinski definition) is 2. The highest BCUT2D eigenvalue weighted by Gasteiger charge is 2.09. The maximum atomic E-state index is 5.60. The normalized spacial score (nSPS) is 10.3. The van der Waals surface area contributed by atoms with Crippen LogP contribution in [0.1, 0.15) is 13.8 Å². The van der Waals surface area contributed by atoms with Crippen LogP contribution in [0, 0.1) is 0 Å². The molecular formula is C13H17N3O2S. The van der Waals surface area contributed by atoms with Crippen LogP contribution in [0.3, 0.4) is 0 Å². The minimum Gasteiger partial charge on any atom is -0.490 e. The number of thiazole rings is 1. The molecule has 0 spiro atoms. The Bertz CT molecular complexity index is 542. The van der Waals surface area contributed by atoms with Gasteiger partial charge in [-0.3, -0.25) is 5.43 Å². The summed E-state index contributed by atoms with van der Waals surface area (Å²) in [5.74, 6) is 6.82. The fourth-order valence-electron chi connectivity index (χ4n) is 1.68. The van der Waals surface area contributed by atoms with Crippen molar-refractivity contribution < 1.29 is 9.47 Å². The van der Waals surface area contributed by atoms with E-state index in [0.29, 0.717) is 18.3 Å². The topological polar surface area (TPSA) is 69.4 Å². The fraction of sp³-hybridized carbons (Fsp3) is 0.308. The van der Waals surface area contributed by atoms with Crippen molar-refractivity contribution in [2.24, 2.45) is 5.84 Å². The summed E-state index contributed by atoms with van der Waals surface area (Å²) in [5.41, 5.74) is 4.38. The molecule has 0 radical (unpaired) electrons. The maximum Gasteiger partial charge on any atom is 0.197 e. The summed E-state index contributed by atoms with van der Waals surface area (Å²) in [4.78, 5) is 4.36. The first-order valence-corrected chi connectivity index (χ1v) is 6.98. The Labute approximate surface area is 116 Å². The Morgan fingerprint density at radius 3 is 2.58 bits per heavy atom. The average Bonchev–Trinajstić information content (AvgIpc) is 2.90. The number of aromatic nitrogens is 1. The van der Waals surface area contributed by atoms with Gasteiger partial charge in [0.2, 0.25) is 0 Å². The van der Waals surface area contributed by atoms with Gasteiger partial charge in [0.1, 0.15) is 0 Å². The molecule has 0 saturated heterocycles. The van der Waals surface area contributed by atoms with Gasteiger partial charge in [-0.1, -0.05) is 0 Å². The Morgan fingerprint density at radius 1 is 1.21 bits per heavy atom. The van der Waals surface area contributed by atoms with Gasteiger partial charge in [-0.15, -0.1) is 11.3 Å². The van der Waals surface area contributed by atoms with Crippen LogP contribution >= 0.6 is 11.3 Å². The fourth-order valence-corrected chi connectivity index (χ4v) is 2.31. The molecule has 0 aliphatic rings. The second kappa shape index (κ2) is 6.40. The molecule has 3 N–H and O–H groups in total. The second-order valence-electron chi connectivity index (χ2n) is 3.71. The number of hydrogen-bond acceptors (Lipinski definition) is 6. The quantitative estimate of drug-likeness (QED) is 0.628.